The Bertz CT molecular complexity index is 598. The molecule has 0 fully saturated rings. The van der Waals surface area contributed by atoms with Gasteiger partial charge < -0.3 is 29.2 Å². The molecule has 0 saturated carbocycles. The minimum Gasteiger partial charge on any atom is -0.504 e. The predicted molar refractivity (Wildman–Crippen MR) is 78.2 cm³/mol. The van der Waals surface area contributed by atoms with Crippen molar-refractivity contribution in [3.8, 4) is 34.5 Å². The fourth-order valence-corrected chi connectivity index (χ4v) is 2.12. The van der Waals surface area contributed by atoms with Gasteiger partial charge in [0, 0.05) is 0 Å². The number of rotatable bonds is 0. The smallest absolute Gasteiger partial charge is 0.203 e. The van der Waals surface area contributed by atoms with Crippen molar-refractivity contribution < 1.29 is 29.2 Å². The first-order valence-electron chi connectivity index (χ1n) is 6.91. The summed E-state index contributed by atoms with van der Waals surface area (Å²) in [4.78, 5) is 0. The van der Waals surface area contributed by atoms with Crippen LogP contribution >= 0.6 is 0 Å². The van der Waals surface area contributed by atoms with E-state index in [1.54, 1.807) is 36.4 Å². The van der Waals surface area contributed by atoms with Gasteiger partial charge in [-0.3, -0.25) is 0 Å². The molecule has 2 aliphatic rings. The van der Waals surface area contributed by atoms with Gasteiger partial charge in [0.2, 0.25) is 11.5 Å². The Morgan fingerprint density at radius 3 is 1.41 bits per heavy atom. The predicted octanol–water partition coefficient (Wildman–Crippen LogP) is 2.33. The molecule has 2 N–H and O–H groups in total. The van der Waals surface area contributed by atoms with Gasteiger partial charge in [-0.25, -0.2) is 0 Å². The Balaban J connectivity index is 0.000000131. The molecule has 0 atom stereocenters. The SMILES string of the molecule is Oc1cccc2c1OCCO2.Oc1cccc2c1OCCO2. The third-order valence-corrected chi connectivity index (χ3v) is 3.09. The van der Waals surface area contributed by atoms with Crippen LogP contribution in [0.2, 0.25) is 0 Å². The topological polar surface area (TPSA) is 77.4 Å². The molecule has 0 aromatic heterocycles. The van der Waals surface area contributed by atoms with Crippen molar-refractivity contribution in [3.05, 3.63) is 36.4 Å². The van der Waals surface area contributed by atoms with Crippen molar-refractivity contribution in [2.24, 2.45) is 0 Å². The van der Waals surface area contributed by atoms with Gasteiger partial charge in [-0.05, 0) is 24.3 Å². The van der Waals surface area contributed by atoms with Crippen LogP contribution in [0.5, 0.6) is 34.5 Å². The lowest BCUT2D eigenvalue weighted by atomic mass is 10.3. The quantitative estimate of drug-likeness (QED) is 0.778. The van der Waals surface area contributed by atoms with Gasteiger partial charge in [0.25, 0.3) is 0 Å². The highest BCUT2D eigenvalue weighted by Crippen LogP contribution is 2.38. The molecule has 2 aromatic carbocycles. The van der Waals surface area contributed by atoms with Gasteiger partial charge in [-0.2, -0.15) is 0 Å². The zero-order valence-electron chi connectivity index (χ0n) is 11.8. The third kappa shape index (κ3) is 2.95. The summed E-state index contributed by atoms with van der Waals surface area (Å²) in [6.45, 7) is 2.11. The third-order valence-electron chi connectivity index (χ3n) is 3.09. The molecule has 116 valence electrons. The number of benzene rings is 2. The van der Waals surface area contributed by atoms with Crippen molar-refractivity contribution in [2.45, 2.75) is 0 Å². The summed E-state index contributed by atoms with van der Waals surface area (Å²) in [6, 6.07) is 10.1. The Labute approximate surface area is 127 Å². The van der Waals surface area contributed by atoms with Crippen LogP contribution < -0.4 is 18.9 Å². The van der Waals surface area contributed by atoms with E-state index in [1.165, 1.54) is 0 Å². The van der Waals surface area contributed by atoms with Crippen LogP contribution in [0.3, 0.4) is 0 Å². The van der Waals surface area contributed by atoms with E-state index in [2.05, 4.69) is 0 Å². The molecule has 2 aliphatic heterocycles. The zero-order valence-corrected chi connectivity index (χ0v) is 11.8. The average molecular weight is 304 g/mol. The van der Waals surface area contributed by atoms with E-state index >= 15 is 0 Å². The number of aromatic hydroxyl groups is 2. The summed E-state index contributed by atoms with van der Waals surface area (Å²) in [5, 5.41) is 18.5. The van der Waals surface area contributed by atoms with E-state index in [-0.39, 0.29) is 11.5 Å². The Morgan fingerprint density at radius 1 is 0.591 bits per heavy atom. The highest BCUT2D eigenvalue weighted by atomic mass is 16.6. The Morgan fingerprint density at radius 2 is 1.00 bits per heavy atom. The van der Waals surface area contributed by atoms with Crippen molar-refractivity contribution in [2.75, 3.05) is 26.4 Å². The van der Waals surface area contributed by atoms with Gasteiger partial charge in [-0.15, -0.1) is 0 Å². The maximum atomic E-state index is 9.25. The van der Waals surface area contributed by atoms with Crippen LogP contribution in [0.25, 0.3) is 0 Å². The molecule has 0 radical (unpaired) electrons. The van der Waals surface area contributed by atoms with Gasteiger partial charge in [0.05, 0.1) is 0 Å². The molecular weight excluding hydrogens is 288 g/mol. The molecule has 4 rings (SSSR count). The summed E-state index contributed by atoms with van der Waals surface area (Å²) in [7, 11) is 0. The summed E-state index contributed by atoms with van der Waals surface area (Å²) in [6.07, 6.45) is 0. The van der Waals surface area contributed by atoms with Crippen LogP contribution in [-0.2, 0) is 0 Å². The van der Waals surface area contributed by atoms with E-state index in [1.807, 2.05) is 0 Å². The second-order valence-corrected chi connectivity index (χ2v) is 4.60. The maximum absolute atomic E-state index is 9.25. The monoisotopic (exact) mass is 304 g/mol. The van der Waals surface area contributed by atoms with Crippen molar-refractivity contribution in [1.29, 1.82) is 0 Å². The van der Waals surface area contributed by atoms with Gasteiger partial charge in [-0.1, -0.05) is 12.1 Å². The van der Waals surface area contributed by atoms with Crippen molar-refractivity contribution >= 4 is 0 Å². The number of ether oxygens (including phenoxy) is 4. The van der Waals surface area contributed by atoms with E-state index in [0.717, 1.165) is 0 Å². The summed E-state index contributed by atoms with van der Waals surface area (Å²) < 4.78 is 20.8. The molecule has 0 unspecified atom stereocenters. The Kier molecular flexibility index (Phi) is 4.09. The molecule has 0 amide bonds. The summed E-state index contributed by atoms with van der Waals surface area (Å²) in [5.74, 6) is 2.44. The number of para-hydroxylation sites is 2. The zero-order chi connectivity index (χ0) is 15.4. The van der Waals surface area contributed by atoms with Crippen LogP contribution in [0.15, 0.2) is 36.4 Å². The molecule has 0 aliphatic carbocycles. The van der Waals surface area contributed by atoms with Gasteiger partial charge >= 0.3 is 0 Å². The molecule has 6 heteroatoms. The van der Waals surface area contributed by atoms with E-state index in [4.69, 9.17) is 18.9 Å². The van der Waals surface area contributed by atoms with Gasteiger partial charge in [0.1, 0.15) is 26.4 Å². The molecule has 0 bridgehead atoms. The lowest BCUT2D eigenvalue weighted by Crippen LogP contribution is -2.15. The van der Waals surface area contributed by atoms with Crippen LogP contribution in [-0.4, -0.2) is 36.6 Å². The number of phenols is 2. The standard InChI is InChI=1S/2C8H8O3/c2*9-6-2-1-3-7-8(6)11-5-4-10-7/h2*1-3,9H,4-5H2. The van der Waals surface area contributed by atoms with E-state index in [9.17, 15) is 10.2 Å². The first kappa shape index (κ1) is 14.2. The number of fused-ring (bicyclic) bond motifs is 2. The minimum absolute atomic E-state index is 0.141. The molecule has 2 heterocycles. The summed E-state index contributed by atoms with van der Waals surface area (Å²) >= 11 is 0. The molecule has 0 saturated heterocycles. The minimum atomic E-state index is 0.141. The highest BCUT2D eigenvalue weighted by Gasteiger charge is 2.14. The van der Waals surface area contributed by atoms with Gasteiger partial charge in [0.15, 0.2) is 23.0 Å². The molecule has 0 spiro atoms. The maximum Gasteiger partial charge on any atom is 0.203 e. The van der Waals surface area contributed by atoms with Crippen molar-refractivity contribution in [3.63, 3.8) is 0 Å². The second-order valence-electron chi connectivity index (χ2n) is 4.60. The number of phenolic OH excluding ortho intramolecular Hbond substituents is 2. The number of hydrogen-bond acceptors (Lipinski definition) is 6. The first-order valence-corrected chi connectivity index (χ1v) is 6.91. The summed E-state index contributed by atoms with van der Waals surface area (Å²) in [5.41, 5.74) is 0. The molecule has 22 heavy (non-hydrogen) atoms. The van der Waals surface area contributed by atoms with Crippen LogP contribution in [0, 0.1) is 0 Å². The fraction of sp³-hybridized carbons (Fsp3) is 0.250. The van der Waals surface area contributed by atoms with E-state index in [0.29, 0.717) is 49.4 Å². The second kappa shape index (κ2) is 6.34. The first-order chi connectivity index (χ1) is 10.8. The molecule has 2 aromatic rings. The largest absolute Gasteiger partial charge is 0.504 e. The van der Waals surface area contributed by atoms with Crippen LogP contribution in [0.1, 0.15) is 0 Å². The molecule has 6 nitrogen and oxygen atoms in total. The average Bonchev–Trinajstić information content (AvgIpc) is 2.57. The fourth-order valence-electron chi connectivity index (χ4n) is 2.12. The number of hydrogen-bond donors (Lipinski definition) is 2. The van der Waals surface area contributed by atoms with Crippen molar-refractivity contribution in [1.82, 2.24) is 0 Å². The Hall–Kier alpha value is -2.76. The normalized spacial score (nSPS) is 14.5. The van der Waals surface area contributed by atoms with E-state index < -0.39 is 0 Å². The lowest BCUT2D eigenvalue weighted by molar-refractivity contribution is 0.165. The highest BCUT2D eigenvalue weighted by molar-refractivity contribution is 5.51. The lowest BCUT2D eigenvalue weighted by Gasteiger charge is -2.18. The van der Waals surface area contributed by atoms with Crippen LogP contribution in [0.4, 0.5) is 0 Å². The molecular formula is C16H16O6.